The lowest BCUT2D eigenvalue weighted by molar-refractivity contribution is 0.198. The summed E-state index contributed by atoms with van der Waals surface area (Å²) in [6.45, 7) is 1.85. The zero-order chi connectivity index (χ0) is 13.3. The highest BCUT2D eigenvalue weighted by Gasteiger charge is 2.31. The second-order valence-electron chi connectivity index (χ2n) is 4.49. The second-order valence-corrected chi connectivity index (χ2v) is 8.33. The first-order valence-electron chi connectivity index (χ1n) is 5.69. The van der Waals surface area contributed by atoms with Crippen molar-refractivity contribution in [1.82, 2.24) is 14.2 Å². The molecule has 1 aromatic heterocycles. The van der Waals surface area contributed by atoms with Gasteiger partial charge in [0.25, 0.3) is 10.0 Å². The van der Waals surface area contributed by atoms with E-state index < -0.39 is 10.0 Å². The number of hydrogen-bond acceptors (Lipinski definition) is 5. The molecule has 102 valence electrons. The smallest absolute Gasteiger partial charge is 0.254 e. The van der Waals surface area contributed by atoms with Crippen molar-refractivity contribution in [3.05, 3.63) is 10.7 Å². The maximum Gasteiger partial charge on any atom is 0.254 e. The minimum atomic E-state index is -3.45. The molecule has 5 nitrogen and oxygen atoms in total. The van der Waals surface area contributed by atoms with Crippen LogP contribution in [0.25, 0.3) is 0 Å². The lowest BCUT2D eigenvalue weighted by Crippen LogP contribution is -2.44. The number of likely N-dealkylation sites (tertiary alicyclic amines) is 1. The Morgan fingerprint density at radius 3 is 2.61 bits per heavy atom. The van der Waals surface area contributed by atoms with Crippen molar-refractivity contribution in [1.29, 1.82) is 0 Å². The van der Waals surface area contributed by atoms with Crippen molar-refractivity contribution < 1.29 is 8.42 Å². The molecule has 1 aliphatic heterocycles. The largest absolute Gasteiger partial charge is 0.306 e. The van der Waals surface area contributed by atoms with Gasteiger partial charge in [0.05, 0.1) is 6.20 Å². The molecule has 0 N–H and O–H groups in total. The average molecular weight is 310 g/mol. The zero-order valence-corrected chi connectivity index (χ0v) is 12.7. The third kappa shape index (κ3) is 2.85. The highest BCUT2D eigenvalue weighted by Crippen LogP contribution is 2.27. The lowest BCUT2D eigenvalue weighted by Gasteiger charge is -2.34. The normalized spacial score (nSPS) is 19.6. The van der Waals surface area contributed by atoms with Crippen molar-refractivity contribution in [3.63, 3.8) is 0 Å². The number of nitrogens with zero attached hydrogens (tertiary/aromatic N) is 3. The molecule has 8 heteroatoms. The van der Waals surface area contributed by atoms with Crippen molar-refractivity contribution in [2.45, 2.75) is 23.1 Å². The van der Waals surface area contributed by atoms with E-state index in [1.165, 1.54) is 10.5 Å². The van der Waals surface area contributed by atoms with Crippen molar-refractivity contribution in [2.75, 3.05) is 27.2 Å². The molecule has 0 radical (unpaired) electrons. The van der Waals surface area contributed by atoms with E-state index in [0.717, 1.165) is 37.3 Å². The quantitative estimate of drug-likeness (QED) is 0.849. The topological polar surface area (TPSA) is 53.5 Å². The molecule has 0 atom stereocenters. The van der Waals surface area contributed by atoms with Crippen LogP contribution in [0.4, 0.5) is 0 Å². The summed E-state index contributed by atoms with van der Waals surface area (Å²) < 4.78 is 26.6. The maximum atomic E-state index is 12.4. The van der Waals surface area contributed by atoms with Crippen LogP contribution in [0.15, 0.2) is 10.4 Å². The van der Waals surface area contributed by atoms with E-state index >= 15 is 0 Å². The second kappa shape index (κ2) is 5.42. The Bertz CT molecular complexity index is 509. The van der Waals surface area contributed by atoms with Gasteiger partial charge in [0.2, 0.25) is 0 Å². The molecule has 0 spiro atoms. The fourth-order valence-corrected chi connectivity index (χ4v) is 4.95. The Labute approximate surface area is 116 Å². The van der Waals surface area contributed by atoms with Gasteiger partial charge in [0.1, 0.15) is 0 Å². The minimum Gasteiger partial charge on any atom is -0.306 e. The van der Waals surface area contributed by atoms with Gasteiger partial charge in [0, 0.05) is 13.1 Å². The number of halogens is 1. The molecule has 0 unspecified atom stereocenters. The molecule has 2 heterocycles. The van der Waals surface area contributed by atoms with Crippen LogP contribution < -0.4 is 0 Å². The summed E-state index contributed by atoms with van der Waals surface area (Å²) in [5, 5.41) is 0. The molecule has 0 bridgehead atoms. The van der Waals surface area contributed by atoms with E-state index in [-0.39, 0.29) is 14.7 Å². The van der Waals surface area contributed by atoms with Gasteiger partial charge in [-0.25, -0.2) is 13.4 Å². The van der Waals surface area contributed by atoms with Crippen LogP contribution >= 0.6 is 22.9 Å². The maximum absolute atomic E-state index is 12.4. The third-order valence-electron chi connectivity index (χ3n) is 3.29. The Morgan fingerprint density at radius 1 is 1.50 bits per heavy atom. The van der Waals surface area contributed by atoms with E-state index in [4.69, 9.17) is 11.6 Å². The average Bonchev–Trinajstić information content (AvgIpc) is 2.76. The van der Waals surface area contributed by atoms with Crippen LogP contribution in [-0.4, -0.2) is 55.8 Å². The van der Waals surface area contributed by atoms with E-state index in [1.54, 1.807) is 7.05 Å². The summed E-state index contributed by atoms with van der Waals surface area (Å²) in [6, 6.07) is 0.0621. The minimum absolute atomic E-state index is 0.0621. The molecule has 1 fully saturated rings. The van der Waals surface area contributed by atoms with Gasteiger partial charge < -0.3 is 4.90 Å². The van der Waals surface area contributed by atoms with E-state index in [2.05, 4.69) is 9.88 Å². The molecule has 0 amide bonds. The summed E-state index contributed by atoms with van der Waals surface area (Å²) >= 11 is 6.70. The standard InChI is InChI=1S/C10H16ClN3O2S2/c1-13-5-3-8(4-6-13)14(2)18(15,16)9-7-12-10(11)17-9/h7-8H,3-6H2,1-2H3. The zero-order valence-electron chi connectivity index (χ0n) is 10.3. The van der Waals surface area contributed by atoms with Gasteiger partial charge in [-0.15, -0.1) is 0 Å². The Morgan fingerprint density at radius 2 is 2.11 bits per heavy atom. The SMILES string of the molecule is CN1CCC(N(C)S(=O)(=O)c2cnc(Cl)s2)CC1. The number of hydrogen-bond donors (Lipinski definition) is 0. The first kappa shape index (κ1) is 14.2. The van der Waals surface area contributed by atoms with Crippen LogP contribution in [0, 0.1) is 0 Å². The van der Waals surface area contributed by atoms with Gasteiger partial charge in [-0.2, -0.15) is 4.31 Å². The van der Waals surface area contributed by atoms with Gasteiger partial charge in [-0.05, 0) is 33.0 Å². The van der Waals surface area contributed by atoms with Crippen molar-refractivity contribution in [2.24, 2.45) is 0 Å². The molecule has 1 aromatic rings. The summed E-state index contributed by atoms with van der Waals surface area (Å²) in [7, 11) is 0.238. The van der Waals surface area contributed by atoms with E-state index in [9.17, 15) is 8.42 Å². The summed E-state index contributed by atoms with van der Waals surface area (Å²) in [4.78, 5) is 6.00. The molecule has 1 saturated heterocycles. The van der Waals surface area contributed by atoms with Crippen molar-refractivity contribution in [3.8, 4) is 0 Å². The Kier molecular flexibility index (Phi) is 4.28. The number of thiazole rings is 1. The highest BCUT2D eigenvalue weighted by molar-refractivity contribution is 7.91. The summed E-state index contributed by atoms with van der Waals surface area (Å²) in [5.41, 5.74) is 0. The predicted octanol–water partition coefficient (Wildman–Crippen LogP) is 1.51. The highest BCUT2D eigenvalue weighted by atomic mass is 35.5. The van der Waals surface area contributed by atoms with Gasteiger partial charge in [0.15, 0.2) is 8.68 Å². The van der Waals surface area contributed by atoms with Crippen LogP contribution in [0.3, 0.4) is 0 Å². The Hall–Kier alpha value is -0.210. The molecular formula is C10H16ClN3O2S2. The summed E-state index contributed by atoms with van der Waals surface area (Å²) in [6.07, 6.45) is 3.05. The van der Waals surface area contributed by atoms with Crippen molar-refractivity contribution >= 4 is 33.0 Å². The fourth-order valence-electron chi connectivity index (χ4n) is 2.06. The molecule has 18 heavy (non-hydrogen) atoms. The van der Waals surface area contributed by atoms with Crippen LogP contribution in [-0.2, 0) is 10.0 Å². The van der Waals surface area contributed by atoms with Crippen LogP contribution in [0.5, 0.6) is 0 Å². The summed E-state index contributed by atoms with van der Waals surface area (Å²) in [5.74, 6) is 0. The molecular weight excluding hydrogens is 294 g/mol. The van der Waals surface area contributed by atoms with E-state index in [1.807, 2.05) is 7.05 Å². The van der Waals surface area contributed by atoms with Crippen LogP contribution in [0.2, 0.25) is 4.47 Å². The van der Waals surface area contributed by atoms with E-state index in [0.29, 0.717) is 0 Å². The number of aromatic nitrogens is 1. The monoisotopic (exact) mass is 309 g/mol. The molecule has 2 rings (SSSR count). The molecule has 0 aliphatic carbocycles. The first-order valence-corrected chi connectivity index (χ1v) is 8.32. The number of sulfonamides is 1. The lowest BCUT2D eigenvalue weighted by atomic mass is 10.1. The Balaban J connectivity index is 2.15. The van der Waals surface area contributed by atoms with Gasteiger partial charge in [-0.3, -0.25) is 0 Å². The number of rotatable bonds is 3. The molecule has 0 aromatic carbocycles. The molecule has 1 aliphatic rings. The van der Waals surface area contributed by atoms with Gasteiger partial charge in [-0.1, -0.05) is 22.9 Å². The van der Waals surface area contributed by atoms with Crippen LogP contribution in [0.1, 0.15) is 12.8 Å². The number of piperidine rings is 1. The third-order valence-corrected chi connectivity index (χ3v) is 6.75. The van der Waals surface area contributed by atoms with Gasteiger partial charge >= 0.3 is 0 Å². The molecule has 0 saturated carbocycles. The fraction of sp³-hybridized carbons (Fsp3) is 0.700. The first-order chi connectivity index (χ1) is 8.41. The predicted molar refractivity (Wildman–Crippen MR) is 72.6 cm³/mol.